The highest BCUT2D eigenvalue weighted by molar-refractivity contribution is 7.93. The van der Waals surface area contributed by atoms with Gasteiger partial charge in [0.15, 0.2) is 11.5 Å². The van der Waals surface area contributed by atoms with Crippen LogP contribution in [0.15, 0.2) is 18.7 Å². The number of hydrogen-bond acceptors (Lipinski definition) is 12. The second-order valence-corrected chi connectivity index (χ2v) is 11.1. The first-order chi connectivity index (χ1) is 18.2. The van der Waals surface area contributed by atoms with Gasteiger partial charge in [-0.05, 0) is 26.2 Å². The van der Waals surface area contributed by atoms with Crippen LogP contribution in [0, 0.1) is 0 Å². The molecule has 206 valence electrons. The molecule has 4 rings (SSSR count). The molecule has 1 aliphatic rings. The zero-order valence-electron chi connectivity index (χ0n) is 21.5. The van der Waals surface area contributed by atoms with Crippen molar-refractivity contribution < 1.29 is 27.4 Å². The van der Waals surface area contributed by atoms with Gasteiger partial charge >= 0.3 is 0 Å². The maximum atomic E-state index is 13.6. The number of halogens is 1. The number of hydrogen-bond donors (Lipinski definition) is 1. The SMILES string of the molecule is COc1ncnc(OC)c1-n1c(NS(=O)(=O)[C@@H](C)[C@H](OC)c2ncc(Cl)cn2)nnc1[C@H]1CC[C@H](OC)C1. The van der Waals surface area contributed by atoms with Crippen molar-refractivity contribution in [3.05, 3.63) is 35.4 Å². The van der Waals surface area contributed by atoms with Gasteiger partial charge in [-0.25, -0.2) is 18.4 Å². The van der Waals surface area contributed by atoms with Gasteiger partial charge < -0.3 is 18.9 Å². The molecule has 16 heteroatoms. The molecule has 0 bridgehead atoms. The van der Waals surface area contributed by atoms with Crippen molar-refractivity contribution in [2.75, 3.05) is 33.2 Å². The fourth-order valence-electron chi connectivity index (χ4n) is 4.43. The minimum absolute atomic E-state index is 0.0444. The molecule has 14 nitrogen and oxygen atoms in total. The Morgan fingerprint density at radius 2 is 1.68 bits per heavy atom. The molecule has 0 unspecified atom stereocenters. The number of methoxy groups -OCH3 is 4. The van der Waals surface area contributed by atoms with Crippen LogP contribution in [0.4, 0.5) is 5.95 Å². The van der Waals surface area contributed by atoms with E-state index in [1.54, 1.807) is 7.11 Å². The summed E-state index contributed by atoms with van der Waals surface area (Å²) >= 11 is 5.88. The lowest BCUT2D eigenvalue weighted by molar-refractivity contribution is 0.0950. The molecule has 1 aliphatic carbocycles. The lowest BCUT2D eigenvalue weighted by Gasteiger charge is -2.23. The molecule has 0 radical (unpaired) electrons. The highest BCUT2D eigenvalue weighted by Gasteiger charge is 2.37. The molecule has 1 saturated carbocycles. The smallest absolute Gasteiger partial charge is 0.245 e. The number of ether oxygens (including phenoxy) is 4. The van der Waals surface area contributed by atoms with Crippen molar-refractivity contribution in [1.29, 1.82) is 0 Å². The van der Waals surface area contributed by atoms with Crippen molar-refractivity contribution in [2.24, 2.45) is 0 Å². The Labute approximate surface area is 225 Å². The van der Waals surface area contributed by atoms with E-state index in [9.17, 15) is 8.42 Å². The van der Waals surface area contributed by atoms with Crippen LogP contribution in [0.2, 0.25) is 5.02 Å². The fourth-order valence-corrected chi connectivity index (χ4v) is 5.66. The highest BCUT2D eigenvalue weighted by Crippen LogP contribution is 2.40. The summed E-state index contributed by atoms with van der Waals surface area (Å²) in [6, 6.07) is 0. The zero-order chi connectivity index (χ0) is 27.4. The van der Waals surface area contributed by atoms with Crippen molar-refractivity contribution in [3.63, 3.8) is 0 Å². The first-order valence-electron chi connectivity index (χ1n) is 11.7. The van der Waals surface area contributed by atoms with Gasteiger partial charge in [-0.1, -0.05) is 11.6 Å². The van der Waals surface area contributed by atoms with E-state index in [1.165, 1.54) is 51.5 Å². The number of anilines is 1. The van der Waals surface area contributed by atoms with E-state index in [1.807, 2.05) is 0 Å². The maximum Gasteiger partial charge on any atom is 0.245 e. The van der Waals surface area contributed by atoms with Crippen LogP contribution in [0.5, 0.6) is 11.8 Å². The molecular weight excluding hydrogens is 540 g/mol. The summed E-state index contributed by atoms with van der Waals surface area (Å²) in [7, 11) is 1.77. The molecule has 3 aromatic heterocycles. The van der Waals surface area contributed by atoms with Crippen molar-refractivity contribution >= 4 is 27.6 Å². The van der Waals surface area contributed by atoms with Crippen molar-refractivity contribution in [3.8, 4) is 17.4 Å². The second-order valence-electron chi connectivity index (χ2n) is 8.59. The molecule has 0 spiro atoms. The van der Waals surface area contributed by atoms with Crippen molar-refractivity contribution in [1.82, 2.24) is 34.7 Å². The molecule has 1 fully saturated rings. The van der Waals surface area contributed by atoms with Gasteiger partial charge in [-0.2, -0.15) is 9.97 Å². The van der Waals surface area contributed by atoms with Crippen LogP contribution < -0.4 is 14.2 Å². The van der Waals surface area contributed by atoms with E-state index in [4.69, 9.17) is 30.5 Å². The number of nitrogens with zero attached hydrogens (tertiary/aromatic N) is 7. The Morgan fingerprint density at radius 1 is 1.03 bits per heavy atom. The average molecular weight is 569 g/mol. The van der Waals surface area contributed by atoms with Crippen LogP contribution in [0.3, 0.4) is 0 Å². The summed E-state index contributed by atoms with van der Waals surface area (Å²) in [4.78, 5) is 16.6. The van der Waals surface area contributed by atoms with E-state index in [0.29, 0.717) is 17.3 Å². The minimum atomic E-state index is -4.14. The quantitative estimate of drug-likeness (QED) is 0.359. The largest absolute Gasteiger partial charge is 0.479 e. The Morgan fingerprint density at radius 3 is 2.24 bits per heavy atom. The monoisotopic (exact) mass is 568 g/mol. The van der Waals surface area contributed by atoms with Crippen molar-refractivity contribution in [2.45, 2.75) is 49.6 Å². The van der Waals surface area contributed by atoms with E-state index in [2.05, 4.69) is 34.9 Å². The van der Waals surface area contributed by atoms with Crippen LogP contribution in [-0.4, -0.2) is 82.9 Å². The number of aromatic nitrogens is 7. The Balaban J connectivity index is 1.78. The summed E-state index contributed by atoms with van der Waals surface area (Å²) in [5.41, 5.74) is 0.257. The highest BCUT2D eigenvalue weighted by atomic mass is 35.5. The molecule has 38 heavy (non-hydrogen) atoms. The standard InChI is InChI=1S/C22H29ClN8O6S/c1-12(17(35-3)18-24-9-14(23)10-25-18)38(32,33)30-22-29-28-19(13-6-7-15(8-13)34-2)31(22)16-20(36-4)26-11-27-21(16)37-5/h9-13,15,17H,6-8H2,1-5H3,(H,29,30)/t12-,13-,15-,17-/m0/s1. The fraction of sp³-hybridized carbons (Fsp3) is 0.545. The van der Waals surface area contributed by atoms with Gasteiger partial charge in [0.1, 0.15) is 23.5 Å². The summed E-state index contributed by atoms with van der Waals surface area (Å²) in [5.74, 6) is 0.783. The molecule has 3 heterocycles. The van der Waals surface area contributed by atoms with Gasteiger partial charge in [0.25, 0.3) is 0 Å². The van der Waals surface area contributed by atoms with Crippen LogP contribution in [0.1, 0.15) is 49.9 Å². The Bertz CT molecular complexity index is 1330. The summed E-state index contributed by atoms with van der Waals surface area (Å²) in [5, 5.41) is 7.74. The van der Waals surface area contributed by atoms with Gasteiger partial charge in [0, 0.05) is 32.5 Å². The van der Waals surface area contributed by atoms with Gasteiger partial charge in [-0.3, -0.25) is 9.29 Å². The third kappa shape index (κ3) is 5.50. The van der Waals surface area contributed by atoms with E-state index in [0.717, 1.165) is 12.8 Å². The normalized spacial score (nSPS) is 19.2. The first-order valence-corrected chi connectivity index (χ1v) is 13.6. The molecule has 3 aromatic rings. The van der Waals surface area contributed by atoms with Gasteiger partial charge in [0.2, 0.25) is 27.7 Å². The first kappa shape index (κ1) is 27.9. The topological polar surface area (TPSA) is 165 Å². The Kier molecular flexibility index (Phi) is 8.60. The molecule has 0 amide bonds. The lowest BCUT2D eigenvalue weighted by atomic mass is 10.1. The second kappa shape index (κ2) is 11.7. The number of nitrogens with one attached hydrogen (secondary N) is 1. The Hall–Kier alpha value is -3.14. The minimum Gasteiger partial charge on any atom is -0.479 e. The zero-order valence-corrected chi connectivity index (χ0v) is 23.1. The number of sulfonamides is 1. The molecule has 1 N–H and O–H groups in total. The third-order valence-corrected chi connectivity index (χ3v) is 8.32. The average Bonchev–Trinajstić information content (AvgIpc) is 3.56. The maximum absolute atomic E-state index is 13.6. The molecule has 4 atom stereocenters. The molecular formula is C22H29ClN8O6S. The van der Waals surface area contributed by atoms with Crippen LogP contribution >= 0.6 is 11.6 Å². The van der Waals surface area contributed by atoms with E-state index >= 15 is 0 Å². The van der Waals surface area contributed by atoms with Gasteiger partial charge in [-0.15, -0.1) is 10.2 Å². The van der Waals surface area contributed by atoms with Gasteiger partial charge in [0.05, 0.1) is 25.3 Å². The van der Waals surface area contributed by atoms with Crippen LogP contribution in [-0.2, 0) is 19.5 Å². The summed E-state index contributed by atoms with van der Waals surface area (Å²) < 4.78 is 53.2. The molecule has 0 aliphatic heterocycles. The third-order valence-electron chi connectivity index (χ3n) is 6.43. The lowest BCUT2D eigenvalue weighted by Crippen LogP contribution is -2.33. The van der Waals surface area contributed by atoms with Crippen LogP contribution in [0.25, 0.3) is 5.69 Å². The summed E-state index contributed by atoms with van der Waals surface area (Å²) in [6.07, 6.45) is 5.33. The predicted octanol–water partition coefficient (Wildman–Crippen LogP) is 2.32. The number of rotatable bonds is 11. The van der Waals surface area contributed by atoms with E-state index < -0.39 is 21.4 Å². The molecule has 0 aromatic carbocycles. The predicted molar refractivity (Wildman–Crippen MR) is 136 cm³/mol. The van der Waals surface area contributed by atoms with E-state index in [-0.39, 0.29) is 41.2 Å². The summed E-state index contributed by atoms with van der Waals surface area (Å²) in [6.45, 7) is 1.48. The molecule has 0 saturated heterocycles.